The number of hydrogen-bond acceptors (Lipinski definition) is 6. The summed E-state index contributed by atoms with van der Waals surface area (Å²) in [5.41, 5.74) is 1.44. The van der Waals surface area contributed by atoms with E-state index in [4.69, 9.17) is 9.72 Å². The predicted molar refractivity (Wildman–Crippen MR) is 113 cm³/mol. The van der Waals surface area contributed by atoms with Crippen molar-refractivity contribution in [3.8, 4) is 0 Å². The van der Waals surface area contributed by atoms with Crippen LogP contribution in [0.2, 0.25) is 0 Å². The number of nitrogens with zero attached hydrogens (tertiary/aromatic N) is 2. The normalized spacial score (nSPS) is 22.8. The largest absolute Gasteiger partial charge is 0.376 e. The van der Waals surface area contributed by atoms with Gasteiger partial charge in [0.05, 0.1) is 18.0 Å². The Balaban J connectivity index is 1.77. The fraction of sp³-hybridized carbons (Fsp3) is 0.684. The van der Waals surface area contributed by atoms with Crippen LogP contribution in [0.4, 0.5) is 0 Å². The molecule has 3 heterocycles. The second kappa shape index (κ2) is 8.25. The Bertz CT molecular complexity index is 839. The standard InChI is InChI=1S/C19H26N2O2S3/c1-12-5-6-14-15(10-12)26-17-16(14)18(22)21(11-13-4-3-7-23-13)19(20-17)25-9-8-24-2/h12-13H,3-11H2,1-2H3/t12-,13-/m0/s1. The number of rotatable bonds is 6. The van der Waals surface area contributed by atoms with Crippen LogP contribution < -0.4 is 5.56 Å². The maximum atomic E-state index is 13.4. The van der Waals surface area contributed by atoms with E-state index in [0.29, 0.717) is 12.5 Å². The van der Waals surface area contributed by atoms with E-state index in [-0.39, 0.29) is 11.7 Å². The third-order valence-corrected chi connectivity index (χ3v) is 8.31. The third-order valence-electron chi connectivity index (χ3n) is 5.31. The molecule has 7 heteroatoms. The average molecular weight is 411 g/mol. The first-order chi connectivity index (χ1) is 12.7. The van der Waals surface area contributed by atoms with Crippen molar-refractivity contribution in [2.75, 3.05) is 24.4 Å². The second-order valence-electron chi connectivity index (χ2n) is 7.32. The molecule has 2 aromatic heterocycles. The number of aryl methyl sites for hydroxylation is 1. The predicted octanol–water partition coefficient (Wildman–Crippen LogP) is 4.22. The minimum Gasteiger partial charge on any atom is -0.376 e. The van der Waals surface area contributed by atoms with Crippen molar-refractivity contribution in [3.05, 3.63) is 20.8 Å². The van der Waals surface area contributed by atoms with Gasteiger partial charge in [-0.15, -0.1) is 11.3 Å². The van der Waals surface area contributed by atoms with E-state index in [1.54, 1.807) is 23.1 Å². The molecule has 1 aliphatic heterocycles. The molecule has 2 aliphatic rings. The molecule has 4 rings (SSSR count). The van der Waals surface area contributed by atoms with Crippen LogP contribution in [-0.2, 0) is 24.1 Å². The molecule has 0 spiro atoms. The summed E-state index contributed by atoms with van der Waals surface area (Å²) in [7, 11) is 0. The summed E-state index contributed by atoms with van der Waals surface area (Å²) >= 11 is 5.29. The molecule has 2 atom stereocenters. The number of hydrogen-bond donors (Lipinski definition) is 0. The van der Waals surface area contributed by atoms with Crippen LogP contribution in [0.25, 0.3) is 10.2 Å². The van der Waals surface area contributed by atoms with Gasteiger partial charge in [-0.3, -0.25) is 9.36 Å². The van der Waals surface area contributed by atoms with Gasteiger partial charge in [-0.05, 0) is 49.8 Å². The van der Waals surface area contributed by atoms with Crippen molar-refractivity contribution in [1.82, 2.24) is 9.55 Å². The van der Waals surface area contributed by atoms with Gasteiger partial charge in [0.2, 0.25) is 0 Å². The molecule has 0 aromatic carbocycles. The summed E-state index contributed by atoms with van der Waals surface area (Å²) in [6, 6.07) is 0. The molecule has 0 saturated carbocycles. The molecule has 26 heavy (non-hydrogen) atoms. The second-order valence-corrected chi connectivity index (χ2v) is 10.4. The van der Waals surface area contributed by atoms with E-state index in [0.717, 1.165) is 59.2 Å². The topological polar surface area (TPSA) is 44.1 Å². The lowest BCUT2D eigenvalue weighted by atomic mass is 9.89. The molecule has 2 aromatic rings. The first-order valence-corrected chi connectivity index (χ1v) is 12.7. The van der Waals surface area contributed by atoms with Crippen molar-refractivity contribution in [2.45, 2.75) is 56.8 Å². The molecule has 1 fully saturated rings. The zero-order valence-corrected chi connectivity index (χ0v) is 17.9. The quantitative estimate of drug-likeness (QED) is 0.405. The number of ether oxygens (including phenoxy) is 1. The Morgan fingerprint density at radius 3 is 3.00 bits per heavy atom. The van der Waals surface area contributed by atoms with Crippen molar-refractivity contribution in [2.24, 2.45) is 5.92 Å². The molecule has 142 valence electrons. The molecule has 1 aliphatic carbocycles. The monoisotopic (exact) mass is 410 g/mol. The lowest BCUT2D eigenvalue weighted by Crippen LogP contribution is -2.29. The van der Waals surface area contributed by atoms with Crippen LogP contribution in [0, 0.1) is 5.92 Å². The molecule has 4 nitrogen and oxygen atoms in total. The highest BCUT2D eigenvalue weighted by Gasteiger charge is 2.26. The van der Waals surface area contributed by atoms with Crippen molar-refractivity contribution < 1.29 is 4.74 Å². The number of thioether (sulfide) groups is 2. The van der Waals surface area contributed by atoms with Crippen LogP contribution in [0.15, 0.2) is 9.95 Å². The van der Waals surface area contributed by atoms with Gasteiger partial charge >= 0.3 is 0 Å². The molecule has 0 radical (unpaired) electrons. The lowest BCUT2D eigenvalue weighted by Gasteiger charge is -2.18. The highest BCUT2D eigenvalue weighted by molar-refractivity contribution is 8.02. The van der Waals surface area contributed by atoms with Gasteiger partial charge in [-0.25, -0.2) is 4.98 Å². The molecule has 0 amide bonds. The lowest BCUT2D eigenvalue weighted by molar-refractivity contribution is 0.0937. The maximum Gasteiger partial charge on any atom is 0.263 e. The fourth-order valence-corrected chi connectivity index (χ4v) is 6.97. The Hall–Kier alpha value is -0.500. The minimum absolute atomic E-state index is 0.154. The van der Waals surface area contributed by atoms with Gasteiger partial charge in [0.1, 0.15) is 4.83 Å². The Morgan fingerprint density at radius 1 is 1.35 bits per heavy atom. The van der Waals surface area contributed by atoms with Gasteiger partial charge in [-0.2, -0.15) is 11.8 Å². The van der Waals surface area contributed by atoms with Crippen molar-refractivity contribution >= 4 is 45.1 Å². The average Bonchev–Trinajstić information content (AvgIpc) is 3.25. The van der Waals surface area contributed by atoms with E-state index in [1.807, 2.05) is 16.3 Å². The minimum atomic E-state index is 0.154. The summed E-state index contributed by atoms with van der Waals surface area (Å²) in [6.07, 6.45) is 7.69. The maximum absolute atomic E-state index is 13.4. The number of fused-ring (bicyclic) bond motifs is 3. The summed E-state index contributed by atoms with van der Waals surface area (Å²) in [5.74, 6) is 2.75. The van der Waals surface area contributed by atoms with E-state index < -0.39 is 0 Å². The molecule has 0 N–H and O–H groups in total. The molecule has 1 saturated heterocycles. The van der Waals surface area contributed by atoms with Crippen LogP contribution in [-0.4, -0.2) is 40.0 Å². The zero-order valence-electron chi connectivity index (χ0n) is 15.5. The van der Waals surface area contributed by atoms with Crippen LogP contribution in [0.1, 0.15) is 36.6 Å². The Labute approximate surface area is 167 Å². The summed E-state index contributed by atoms with van der Waals surface area (Å²) in [5, 5.41) is 1.77. The van der Waals surface area contributed by atoms with Crippen LogP contribution in [0.3, 0.4) is 0 Å². The summed E-state index contributed by atoms with van der Waals surface area (Å²) in [4.78, 5) is 20.7. The Morgan fingerprint density at radius 2 is 2.23 bits per heavy atom. The van der Waals surface area contributed by atoms with Gasteiger partial charge in [-0.1, -0.05) is 18.7 Å². The van der Waals surface area contributed by atoms with E-state index in [9.17, 15) is 4.79 Å². The highest BCUT2D eigenvalue weighted by atomic mass is 32.2. The van der Waals surface area contributed by atoms with Gasteiger partial charge in [0.25, 0.3) is 5.56 Å². The number of thiophene rings is 1. The number of aromatic nitrogens is 2. The van der Waals surface area contributed by atoms with Crippen LogP contribution in [0.5, 0.6) is 0 Å². The molecule has 0 unspecified atom stereocenters. The van der Waals surface area contributed by atoms with Gasteiger partial charge in [0.15, 0.2) is 5.16 Å². The summed E-state index contributed by atoms with van der Waals surface area (Å²) < 4.78 is 7.73. The Kier molecular flexibility index (Phi) is 5.98. The summed E-state index contributed by atoms with van der Waals surface area (Å²) in [6.45, 7) is 3.76. The SMILES string of the molecule is CSCCSc1nc2sc3c(c2c(=O)n1C[C@@H]1CCCO1)CC[C@H](C)C3. The molecular weight excluding hydrogens is 384 g/mol. The van der Waals surface area contributed by atoms with Crippen molar-refractivity contribution in [1.29, 1.82) is 0 Å². The third kappa shape index (κ3) is 3.73. The van der Waals surface area contributed by atoms with E-state index in [2.05, 4.69) is 13.2 Å². The first kappa shape index (κ1) is 18.8. The highest BCUT2D eigenvalue weighted by Crippen LogP contribution is 2.36. The van der Waals surface area contributed by atoms with Crippen molar-refractivity contribution in [3.63, 3.8) is 0 Å². The van der Waals surface area contributed by atoms with Gasteiger partial charge < -0.3 is 4.74 Å². The van der Waals surface area contributed by atoms with Crippen LogP contribution >= 0.6 is 34.9 Å². The molecule has 0 bridgehead atoms. The molecular formula is C19H26N2O2S3. The smallest absolute Gasteiger partial charge is 0.263 e. The van der Waals surface area contributed by atoms with E-state index >= 15 is 0 Å². The fourth-order valence-electron chi connectivity index (χ4n) is 3.88. The zero-order chi connectivity index (χ0) is 18.1. The first-order valence-electron chi connectivity index (χ1n) is 9.45. The van der Waals surface area contributed by atoms with Gasteiger partial charge in [0, 0.05) is 23.0 Å². The van der Waals surface area contributed by atoms with E-state index in [1.165, 1.54) is 16.9 Å².